The van der Waals surface area contributed by atoms with E-state index in [0.29, 0.717) is 11.3 Å². The lowest BCUT2D eigenvalue weighted by molar-refractivity contribution is 0.198. The minimum Gasteiger partial charge on any atom is -0.389 e. The first-order valence-corrected chi connectivity index (χ1v) is 5.07. The molecule has 84 valence electrons. The van der Waals surface area contributed by atoms with Gasteiger partial charge in [-0.15, -0.1) is 0 Å². The number of halogens is 1. The Kier molecular flexibility index (Phi) is 2.75. The van der Waals surface area contributed by atoms with Crippen LogP contribution >= 0.6 is 0 Å². The number of aliphatic hydroxyl groups is 1. The normalized spacial score (nSPS) is 12.8. The van der Waals surface area contributed by atoms with E-state index in [1.54, 1.807) is 23.9 Å². The second kappa shape index (κ2) is 4.06. The van der Waals surface area contributed by atoms with Gasteiger partial charge in [-0.05, 0) is 37.6 Å². The van der Waals surface area contributed by atoms with Crippen LogP contribution in [0.5, 0.6) is 0 Å². The van der Waals surface area contributed by atoms with Gasteiger partial charge in [0.2, 0.25) is 0 Å². The summed E-state index contributed by atoms with van der Waals surface area (Å²) in [6.45, 7) is 3.53. The first-order valence-electron chi connectivity index (χ1n) is 5.07. The molecule has 1 aromatic heterocycles. The molecule has 1 N–H and O–H groups in total. The van der Waals surface area contributed by atoms with Crippen LogP contribution in [0.15, 0.2) is 30.6 Å². The second-order valence-corrected chi connectivity index (χ2v) is 3.84. The highest BCUT2D eigenvalue weighted by molar-refractivity contribution is 5.42. The zero-order valence-corrected chi connectivity index (χ0v) is 9.18. The van der Waals surface area contributed by atoms with Crippen LogP contribution in [0.3, 0.4) is 0 Å². The van der Waals surface area contributed by atoms with Crippen molar-refractivity contribution in [3.8, 4) is 5.69 Å². The summed E-state index contributed by atoms with van der Waals surface area (Å²) in [4.78, 5) is 0. The lowest BCUT2D eigenvalue weighted by atomic mass is 10.1. The van der Waals surface area contributed by atoms with Gasteiger partial charge < -0.3 is 5.11 Å². The Balaban J connectivity index is 2.56. The standard InChI is InChI=1S/C12H13FN2O/c1-8-6-14-15(7-8)12-4-3-10(13)5-11(12)9(2)16/h3-7,9,16H,1-2H3/t9-/m0/s1. The molecule has 1 aromatic carbocycles. The largest absolute Gasteiger partial charge is 0.389 e. The van der Waals surface area contributed by atoms with Crippen molar-refractivity contribution >= 4 is 0 Å². The molecule has 1 heterocycles. The molecule has 0 aliphatic carbocycles. The Morgan fingerprint density at radius 3 is 2.75 bits per heavy atom. The SMILES string of the molecule is Cc1cnn(-c2ccc(F)cc2[C@H](C)O)c1. The molecule has 0 unspecified atom stereocenters. The van der Waals surface area contributed by atoms with E-state index in [1.165, 1.54) is 12.1 Å². The van der Waals surface area contributed by atoms with Gasteiger partial charge >= 0.3 is 0 Å². The molecule has 16 heavy (non-hydrogen) atoms. The predicted molar refractivity (Wildman–Crippen MR) is 58.9 cm³/mol. The third kappa shape index (κ3) is 1.97. The fourth-order valence-corrected chi connectivity index (χ4v) is 1.61. The minimum absolute atomic E-state index is 0.358. The number of rotatable bonds is 2. The van der Waals surface area contributed by atoms with E-state index < -0.39 is 6.10 Å². The number of aryl methyl sites for hydroxylation is 1. The third-order valence-corrected chi connectivity index (χ3v) is 2.40. The van der Waals surface area contributed by atoms with Gasteiger partial charge in [-0.3, -0.25) is 0 Å². The van der Waals surface area contributed by atoms with Crippen LogP contribution in [0.2, 0.25) is 0 Å². The highest BCUT2D eigenvalue weighted by Gasteiger charge is 2.11. The molecule has 0 aliphatic heterocycles. The maximum atomic E-state index is 13.1. The molecule has 4 heteroatoms. The molecule has 0 spiro atoms. The molecule has 0 saturated carbocycles. The maximum absolute atomic E-state index is 13.1. The lowest BCUT2D eigenvalue weighted by Gasteiger charge is -2.11. The smallest absolute Gasteiger partial charge is 0.123 e. The highest BCUT2D eigenvalue weighted by atomic mass is 19.1. The van der Waals surface area contributed by atoms with Gasteiger partial charge in [-0.2, -0.15) is 5.10 Å². The van der Waals surface area contributed by atoms with Crippen molar-refractivity contribution in [3.63, 3.8) is 0 Å². The Morgan fingerprint density at radius 1 is 1.44 bits per heavy atom. The molecular weight excluding hydrogens is 207 g/mol. The number of nitrogens with zero attached hydrogens (tertiary/aromatic N) is 2. The average molecular weight is 220 g/mol. The van der Waals surface area contributed by atoms with Gasteiger partial charge in [-0.1, -0.05) is 0 Å². The summed E-state index contributed by atoms with van der Waals surface area (Å²) in [6, 6.07) is 4.30. The van der Waals surface area contributed by atoms with Gasteiger partial charge in [0.15, 0.2) is 0 Å². The van der Waals surface area contributed by atoms with Gasteiger partial charge in [0.25, 0.3) is 0 Å². The van der Waals surface area contributed by atoms with E-state index >= 15 is 0 Å². The Bertz CT molecular complexity index is 505. The quantitative estimate of drug-likeness (QED) is 0.843. The van der Waals surface area contributed by atoms with E-state index in [-0.39, 0.29) is 5.82 Å². The average Bonchev–Trinajstić information content (AvgIpc) is 2.64. The molecule has 0 fully saturated rings. The summed E-state index contributed by atoms with van der Waals surface area (Å²) in [5.74, 6) is -0.358. The molecule has 0 aliphatic rings. The van der Waals surface area contributed by atoms with Crippen LogP contribution in [-0.2, 0) is 0 Å². The third-order valence-electron chi connectivity index (χ3n) is 2.40. The first kappa shape index (κ1) is 10.8. The number of aromatic nitrogens is 2. The topological polar surface area (TPSA) is 38.0 Å². The van der Waals surface area contributed by atoms with Crippen molar-refractivity contribution in [3.05, 3.63) is 47.5 Å². The molecule has 2 rings (SSSR count). The fourth-order valence-electron chi connectivity index (χ4n) is 1.61. The fraction of sp³-hybridized carbons (Fsp3) is 0.250. The number of hydrogen-bond donors (Lipinski definition) is 1. The second-order valence-electron chi connectivity index (χ2n) is 3.84. The zero-order chi connectivity index (χ0) is 11.7. The van der Waals surface area contributed by atoms with Gasteiger partial charge in [0.1, 0.15) is 5.82 Å². The molecule has 0 amide bonds. The van der Waals surface area contributed by atoms with Crippen LogP contribution in [0.1, 0.15) is 24.2 Å². The van der Waals surface area contributed by atoms with Crippen LogP contribution in [0.4, 0.5) is 4.39 Å². The van der Waals surface area contributed by atoms with Crippen LogP contribution < -0.4 is 0 Å². The summed E-state index contributed by atoms with van der Waals surface area (Å²) in [7, 11) is 0. The van der Waals surface area contributed by atoms with E-state index in [1.807, 2.05) is 13.1 Å². The van der Waals surface area contributed by atoms with Gasteiger partial charge in [0, 0.05) is 11.8 Å². The molecule has 1 atom stereocenters. The predicted octanol–water partition coefficient (Wildman–Crippen LogP) is 2.37. The molecule has 0 radical (unpaired) electrons. The van der Waals surface area contributed by atoms with Crippen LogP contribution in [0, 0.1) is 12.7 Å². The number of aliphatic hydroxyl groups excluding tert-OH is 1. The molecule has 0 bridgehead atoms. The minimum atomic E-state index is -0.727. The molecule has 0 saturated heterocycles. The summed E-state index contributed by atoms with van der Waals surface area (Å²) in [5, 5.41) is 13.7. The molecule has 3 nitrogen and oxygen atoms in total. The van der Waals surface area contributed by atoms with Crippen molar-refractivity contribution in [2.45, 2.75) is 20.0 Å². The van der Waals surface area contributed by atoms with Gasteiger partial charge in [-0.25, -0.2) is 9.07 Å². The van der Waals surface area contributed by atoms with E-state index in [9.17, 15) is 9.50 Å². The Labute approximate surface area is 93.2 Å². The van der Waals surface area contributed by atoms with E-state index in [2.05, 4.69) is 5.10 Å². The Morgan fingerprint density at radius 2 is 2.19 bits per heavy atom. The van der Waals surface area contributed by atoms with Crippen molar-refractivity contribution < 1.29 is 9.50 Å². The Hall–Kier alpha value is -1.68. The van der Waals surface area contributed by atoms with Gasteiger partial charge in [0.05, 0.1) is 18.0 Å². The first-order chi connectivity index (χ1) is 7.58. The summed E-state index contributed by atoms with van der Waals surface area (Å²) < 4.78 is 14.7. The van der Waals surface area contributed by atoms with Crippen molar-refractivity contribution in [2.24, 2.45) is 0 Å². The highest BCUT2D eigenvalue weighted by Crippen LogP contribution is 2.22. The summed E-state index contributed by atoms with van der Waals surface area (Å²) >= 11 is 0. The van der Waals surface area contributed by atoms with E-state index in [4.69, 9.17) is 0 Å². The van der Waals surface area contributed by atoms with E-state index in [0.717, 1.165) is 5.56 Å². The molecule has 2 aromatic rings. The summed E-state index contributed by atoms with van der Waals surface area (Å²) in [5.41, 5.74) is 2.24. The van der Waals surface area contributed by atoms with Crippen LogP contribution in [-0.4, -0.2) is 14.9 Å². The van der Waals surface area contributed by atoms with Crippen molar-refractivity contribution in [1.82, 2.24) is 9.78 Å². The summed E-state index contributed by atoms with van der Waals surface area (Å²) in [6.07, 6.45) is 2.82. The zero-order valence-electron chi connectivity index (χ0n) is 9.18. The number of hydrogen-bond acceptors (Lipinski definition) is 2. The molecular formula is C12H13FN2O. The van der Waals surface area contributed by atoms with Crippen molar-refractivity contribution in [1.29, 1.82) is 0 Å². The monoisotopic (exact) mass is 220 g/mol. The lowest BCUT2D eigenvalue weighted by Crippen LogP contribution is -2.03. The van der Waals surface area contributed by atoms with Crippen LogP contribution in [0.25, 0.3) is 5.69 Å². The number of benzene rings is 1. The maximum Gasteiger partial charge on any atom is 0.123 e. The van der Waals surface area contributed by atoms with Crippen molar-refractivity contribution in [2.75, 3.05) is 0 Å².